The Kier molecular flexibility index (Phi) is 3.64. The van der Waals surface area contributed by atoms with Gasteiger partial charge in [-0.3, -0.25) is 0 Å². The molecule has 1 aliphatic rings. The van der Waals surface area contributed by atoms with Crippen molar-refractivity contribution in [1.82, 2.24) is 20.2 Å². The van der Waals surface area contributed by atoms with Gasteiger partial charge in [0.25, 0.3) is 0 Å². The van der Waals surface area contributed by atoms with E-state index < -0.39 is 0 Å². The first-order valence-electron chi connectivity index (χ1n) is 6.80. The van der Waals surface area contributed by atoms with E-state index in [4.69, 9.17) is 0 Å². The van der Waals surface area contributed by atoms with Crippen molar-refractivity contribution in [1.29, 1.82) is 0 Å². The number of benzene rings is 1. The summed E-state index contributed by atoms with van der Waals surface area (Å²) in [4.78, 5) is 0. The zero-order valence-electron chi connectivity index (χ0n) is 11.0. The van der Waals surface area contributed by atoms with E-state index in [-0.39, 0.29) is 0 Å². The standard InChI is InChI=1S/C14H17BrN4/c1-10-7-8-12(9-13(10)15)19-14(16-17-18-19)11-5-3-2-4-6-11/h7-9,11H,2-6H2,1H3. The fourth-order valence-corrected chi connectivity index (χ4v) is 3.07. The van der Waals surface area contributed by atoms with Gasteiger partial charge in [-0.2, -0.15) is 4.68 Å². The number of rotatable bonds is 2. The second-order valence-electron chi connectivity index (χ2n) is 5.22. The molecule has 1 fully saturated rings. The molecule has 1 heterocycles. The van der Waals surface area contributed by atoms with Gasteiger partial charge in [-0.05, 0) is 47.9 Å². The van der Waals surface area contributed by atoms with Crippen molar-refractivity contribution in [3.05, 3.63) is 34.1 Å². The van der Waals surface area contributed by atoms with Gasteiger partial charge in [0.05, 0.1) is 5.69 Å². The molecule has 1 aromatic heterocycles. The van der Waals surface area contributed by atoms with E-state index in [1.807, 2.05) is 4.68 Å². The van der Waals surface area contributed by atoms with Gasteiger partial charge in [0, 0.05) is 10.4 Å². The highest BCUT2D eigenvalue weighted by Gasteiger charge is 2.22. The number of aromatic nitrogens is 4. The summed E-state index contributed by atoms with van der Waals surface area (Å²) >= 11 is 3.57. The van der Waals surface area contributed by atoms with E-state index in [0.717, 1.165) is 16.0 Å². The van der Waals surface area contributed by atoms with Crippen molar-refractivity contribution in [2.75, 3.05) is 0 Å². The summed E-state index contributed by atoms with van der Waals surface area (Å²) in [5.41, 5.74) is 2.25. The van der Waals surface area contributed by atoms with Crippen LogP contribution in [-0.4, -0.2) is 20.2 Å². The highest BCUT2D eigenvalue weighted by Crippen LogP contribution is 2.32. The first-order chi connectivity index (χ1) is 9.25. The van der Waals surface area contributed by atoms with E-state index >= 15 is 0 Å². The molecule has 3 rings (SSSR count). The van der Waals surface area contributed by atoms with Gasteiger partial charge in [-0.25, -0.2) is 0 Å². The Morgan fingerprint density at radius 3 is 2.74 bits per heavy atom. The third kappa shape index (κ3) is 2.56. The van der Waals surface area contributed by atoms with Gasteiger partial charge in [0.2, 0.25) is 0 Å². The predicted octanol–water partition coefficient (Wildman–Crippen LogP) is 3.78. The third-order valence-electron chi connectivity index (χ3n) is 3.86. The molecule has 4 nitrogen and oxygen atoms in total. The van der Waals surface area contributed by atoms with E-state index in [9.17, 15) is 0 Å². The number of hydrogen-bond donors (Lipinski definition) is 0. The van der Waals surface area contributed by atoms with Crippen molar-refractivity contribution in [2.45, 2.75) is 44.9 Å². The fraction of sp³-hybridized carbons (Fsp3) is 0.500. The quantitative estimate of drug-likeness (QED) is 0.845. The van der Waals surface area contributed by atoms with Crippen LogP contribution in [0.25, 0.3) is 5.69 Å². The average Bonchev–Trinajstić information content (AvgIpc) is 2.92. The highest BCUT2D eigenvalue weighted by molar-refractivity contribution is 9.10. The van der Waals surface area contributed by atoms with Gasteiger partial charge in [0.1, 0.15) is 0 Å². The van der Waals surface area contributed by atoms with Crippen molar-refractivity contribution in [3.63, 3.8) is 0 Å². The van der Waals surface area contributed by atoms with Crippen LogP contribution in [0.4, 0.5) is 0 Å². The molecule has 19 heavy (non-hydrogen) atoms. The second kappa shape index (κ2) is 5.41. The van der Waals surface area contributed by atoms with Crippen LogP contribution >= 0.6 is 15.9 Å². The van der Waals surface area contributed by atoms with Gasteiger partial charge in [-0.1, -0.05) is 41.3 Å². The average molecular weight is 321 g/mol. The summed E-state index contributed by atoms with van der Waals surface area (Å²) in [6, 6.07) is 6.24. The lowest BCUT2D eigenvalue weighted by molar-refractivity contribution is 0.422. The van der Waals surface area contributed by atoms with Crippen LogP contribution in [0.2, 0.25) is 0 Å². The molecule has 0 unspecified atom stereocenters. The Morgan fingerprint density at radius 1 is 1.21 bits per heavy atom. The maximum Gasteiger partial charge on any atom is 0.159 e. The van der Waals surface area contributed by atoms with E-state index in [0.29, 0.717) is 5.92 Å². The Morgan fingerprint density at radius 2 is 2.00 bits per heavy atom. The van der Waals surface area contributed by atoms with Crippen molar-refractivity contribution in [2.24, 2.45) is 0 Å². The first kappa shape index (κ1) is 12.8. The minimum absolute atomic E-state index is 0.504. The zero-order valence-corrected chi connectivity index (χ0v) is 12.6. The summed E-state index contributed by atoms with van der Waals surface area (Å²) in [5, 5.41) is 12.3. The molecule has 1 saturated carbocycles. The molecule has 5 heteroatoms. The molecule has 0 atom stereocenters. The van der Waals surface area contributed by atoms with Gasteiger partial charge in [0.15, 0.2) is 5.82 Å². The largest absolute Gasteiger partial charge is 0.197 e. The Bertz CT molecular complexity index is 573. The number of tetrazole rings is 1. The van der Waals surface area contributed by atoms with Crippen molar-refractivity contribution < 1.29 is 0 Å². The molecule has 0 aliphatic heterocycles. The molecule has 0 N–H and O–H groups in total. The maximum atomic E-state index is 4.25. The van der Waals surface area contributed by atoms with E-state index in [1.54, 1.807) is 0 Å². The third-order valence-corrected chi connectivity index (χ3v) is 4.72. The van der Waals surface area contributed by atoms with E-state index in [1.165, 1.54) is 37.7 Å². The van der Waals surface area contributed by atoms with Crippen LogP contribution in [0.1, 0.15) is 49.4 Å². The lowest BCUT2D eigenvalue weighted by Crippen LogP contribution is -2.12. The molecular formula is C14H17BrN4. The first-order valence-corrected chi connectivity index (χ1v) is 7.60. The van der Waals surface area contributed by atoms with E-state index in [2.05, 4.69) is 56.6 Å². The maximum absolute atomic E-state index is 4.25. The SMILES string of the molecule is Cc1ccc(-n2nnnc2C2CCCCC2)cc1Br. The lowest BCUT2D eigenvalue weighted by Gasteiger charge is -2.20. The molecule has 0 spiro atoms. The number of nitrogens with zero attached hydrogens (tertiary/aromatic N) is 4. The summed E-state index contributed by atoms with van der Waals surface area (Å²) in [5.74, 6) is 1.51. The topological polar surface area (TPSA) is 43.6 Å². The van der Waals surface area contributed by atoms with Crippen LogP contribution < -0.4 is 0 Å². The Balaban J connectivity index is 1.96. The molecular weight excluding hydrogens is 304 g/mol. The summed E-state index contributed by atoms with van der Waals surface area (Å²) in [6.45, 7) is 2.08. The van der Waals surface area contributed by atoms with Crippen LogP contribution in [-0.2, 0) is 0 Å². The van der Waals surface area contributed by atoms with Crippen LogP contribution in [0.15, 0.2) is 22.7 Å². The molecule has 0 amide bonds. The van der Waals surface area contributed by atoms with Gasteiger partial charge >= 0.3 is 0 Å². The Hall–Kier alpha value is -1.23. The highest BCUT2D eigenvalue weighted by atomic mass is 79.9. The summed E-state index contributed by atoms with van der Waals surface area (Å²) in [7, 11) is 0. The zero-order chi connectivity index (χ0) is 13.2. The molecule has 0 bridgehead atoms. The molecule has 1 aliphatic carbocycles. The smallest absolute Gasteiger partial charge is 0.159 e. The Labute approximate surface area is 121 Å². The number of hydrogen-bond acceptors (Lipinski definition) is 3. The number of halogens is 1. The molecule has 2 aromatic rings. The summed E-state index contributed by atoms with van der Waals surface area (Å²) in [6.07, 6.45) is 6.32. The fourth-order valence-electron chi connectivity index (χ4n) is 2.71. The summed E-state index contributed by atoms with van der Waals surface area (Å²) < 4.78 is 2.98. The van der Waals surface area contributed by atoms with Crippen LogP contribution in [0.3, 0.4) is 0 Å². The molecule has 100 valence electrons. The minimum Gasteiger partial charge on any atom is -0.197 e. The lowest BCUT2D eigenvalue weighted by atomic mass is 9.88. The predicted molar refractivity (Wildman–Crippen MR) is 77.4 cm³/mol. The van der Waals surface area contributed by atoms with Crippen LogP contribution in [0.5, 0.6) is 0 Å². The van der Waals surface area contributed by atoms with Gasteiger partial charge < -0.3 is 0 Å². The van der Waals surface area contributed by atoms with Crippen molar-refractivity contribution in [3.8, 4) is 5.69 Å². The second-order valence-corrected chi connectivity index (χ2v) is 6.07. The van der Waals surface area contributed by atoms with Gasteiger partial charge in [-0.15, -0.1) is 5.10 Å². The van der Waals surface area contributed by atoms with Crippen molar-refractivity contribution >= 4 is 15.9 Å². The molecule has 0 radical (unpaired) electrons. The normalized spacial score (nSPS) is 16.7. The molecule has 1 aromatic carbocycles. The minimum atomic E-state index is 0.504. The molecule has 0 saturated heterocycles. The number of aryl methyl sites for hydroxylation is 1. The van der Waals surface area contributed by atoms with Crippen LogP contribution in [0, 0.1) is 6.92 Å². The monoisotopic (exact) mass is 320 g/mol.